The van der Waals surface area contributed by atoms with Gasteiger partial charge in [0.1, 0.15) is 11.6 Å². The van der Waals surface area contributed by atoms with Gasteiger partial charge in [-0.2, -0.15) is 18.3 Å². The second kappa shape index (κ2) is 9.72. The molecule has 0 radical (unpaired) electrons. The van der Waals surface area contributed by atoms with E-state index in [1.807, 2.05) is 12.1 Å². The average Bonchev–Trinajstić information content (AvgIpc) is 3.50. The second-order valence-electron chi connectivity index (χ2n) is 9.39. The lowest BCUT2D eigenvalue weighted by atomic mass is 10.1. The molecule has 1 amide bonds. The van der Waals surface area contributed by atoms with Gasteiger partial charge in [0.2, 0.25) is 0 Å². The summed E-state index contributed by atoms with van der Waals surface area (Å²) in [6, 6.07) is 10.8. The lowest BCUT2D eigenvalue weighted by molar-refractivity contribution is -0.141. The van der Waals surface area contributed by atoms with Gasteiger partial charge in [-0.25, -0.2) is 9.97 Å². The van der Waals surface area contributed by atoms with Gasteiger partial charge in [-0.3, -0.25) is 9.48 Å². The minimum atomic E-state index is -4.78. The maximum atomic E-state index is 13.7. The highest BCUT2D eigenvalue weighted by molar-refractivity contribution is 5.95. The smallest absolute Gasteiger partial charge is 0.383 e. The number of rotatable bonds is 6. The van der Waals surface area contributed by atoms with Crippen molar-refractivity contribution in [1.29, 1.82) is 0 Å². The maximum Gasteiger partial charge on any atom is 0.435 e. The molecule has 3 aromatic heterocycles. The van der Waals surface area contributed by atoms with Gasteiger partial charge in [0, 0.05) is 43.6 Å². The van der Waals surface area contributed by atoms with E-state index < -0.39 is 23.3 Å². The Morgan fingerprint density at radius 2 is 1.97 bits per heavy atom. The second-order valence-corrected chi connectivity index (χ2v) is 9.39. The Morgan fingerprint density at radius 3 is 2.68 bits per heavy atom. The first kappa shape index (κ1) is 24.5. The lowest BCUT2D eigenvalue weighted by Gasteiger charge is -2.17. The van der Waals surface area contributed by atoms with Gasteiger partial charge in [0.15, 0.2) is 5.69 Å². The minimum absolute atomic E-state index is 0.0416. The number of benzene rings is 1. The van der Waals surface area contributed by atoms with Crippen LogP contribution in [0.4, 0.5) is 24.8 Å². The normalized spacial score (nSPS) is 15.9. The highest BCUT2D eigenvalue weighted by Gasteiger charge is 2.39. The molecule has 0 aliphatic carbocycles. The average molecular weight is 510 g/mol. The van der Waals surface area contributed by atoms with Crippen molar-refractivity contribution in [1.82, 2.24) is 25.1 Å². The van der Waals surface area contributed by atoms with Crippen LogP contribution < -0.4 is 16.0 Å². The Bertz CT molecular complexity index is 1430. The number of halogens is 3. The zero-order chi connectivity index (χ0) is 26.2. The Kier molecular flexibility index (Phi) is 6.45. The van der Waals surface area contributed by atoms with Crippen LogP contribution in [0, 0.1) is 5.92 Å². The molecule has 1 aromatic carbocycles. The molecule has 3 N–H and O–H groups in total. The Hall–Kier alpha value is -4.15. The zero-order valence-corrected chi connectivity index (χ0v) is 20.2. The van der Waals surface area contributed by atoms with E-state index in [9.17, 15) is 18.0 Å². The van der Waals surface area contributed by atoms with Crippen molar-refractivity contribution in [2.75, 3.05) is 23.7 Å². The van der Waals surface area contributed by atoms with Crippen LogP contribution >= 0.6 is 0 Å². The number of nitrogens with zero attached hydrogens (tertiary/aromatic N) is 5. The van der Waals surface area contributed by atoms with Gasteiger partial charge in [0.05, 0.1) is 12.1 Å². The minimum Gasteiger partial charge on any atom is -0.383 e. The molecule has 37 heavy (non-hydrogen) atoms. The molecule has 4 heterocycles. The van der Waals surface area contributed by atoms with E-state index in [-0.39, 0.29) is 13.1 Å². The molecule has 0 bridgehead atoms. The molecule has 5 rings (SSSR count). The van der Waals surface area contributed by atoms with Gasteiger partial charge in [-0.1, -0.05) is 25.1 Å². The highest BCUT2D eigenvalue weighted by Crippen LogP contribution is 2.31. The molecule has 0 unspecified atom stereocenters. The number of nitrogens with one attached hydrogen (secondary N) is 1. The summed E-state index contributed by atoms with van der Waals surface area (Å²) >= 11 is 0. The SMILES string of the molecule is C[C@H]1CCN(c2ccc(Cn3cc(C(=O)NCc4ccc5c(N)nccc5c4)c(C(F)(F)F)n3)cn2)C1. The van der Waals surface area contributed by atoms with Gasteiger partial charge < -0.3 is 16.0 Å². The first-order valence-electron chi connectivity index (χ1n) is 11.9. The van der Waals surface area contributed by atoms with Crippen LogP contribution in [-0.4, -0.2) is 38.7 Å². The van der Waals surface area contributed by atoms with Gasteiger partial charge in [-0.15, -0.1) is 0 Å². The first-order valence-corrected chi connectivity index (χ1v) is 11.9. The number of nitrogen functional groups attached to an aromatic ring is 1. The quantitative estimate of drug-likeness (QED) is 0.403. The number of amides is 1. The largest absolute Gasteiger partial charge is 0.435 e. The number of carbonyl (C=O) groups excluding carboxylic acids is 1. The summed E-state index contributed by atoms with van der Waals surface area (Å²) in [6.45, 7) is 4.15. The van der Waals surface area contributed by atoms with E-state index in [1.165, 1.54) is 0 Å². The van der Waals surface area contributed by atoms with Crippen LogP contribution in [0.1, 0.15) is 40.5 Å². The van der Waals surface area contributed by atoms with Crippen molar-refractivity contribution in [3.05, 3.63) is 77.4 Å². The molecule has 1 fully saturated rings. The number of pyridine rings is 2. The standard InChI is InChI=1S/C26H26F3N7O/c1-16-7-9-35(13-16)22-5-3-18(12-32-22)14-36-15-21(23(34-36)26(27,28)29)25(37)33-11-17-2-4-20-19(10-17)6-8-31-24(20)30/h2-6,8,10,12,15-16H,7,9,11,13-14H2,1H3,(H2,30,31)(H,33,37)/t16-/m0/s1. The number of carbonyl (C=O) groups is 1. The molecular formula is C26H26F3N7O. The lowest BCUT2D eigenvalue weighted by Crippen LogP contribution is -2.25. The summed E-state index contributed by atoms with van der Waals surface area (Å²) < 4.78 is 42.2. The van der Waals surface area contributed by atoms with Gasteiger partial charge in [-0.05, 0) is 47.1 Å². The number of fused-ring (bicyclic) bond motifs is 1. The molecule has 11 heteroatoms. The zero-order valence-electron chi connectivity index (χ0n) is 20.2. The van der Waals surface area contributed by atoms with Crippen LogP contribution in [0.2, 0.25) is 0 Å². The van der Waals surface area contributed by atoms with Crippen LogP contribution in [-0.2, 0) is 19.3 Å². The molecule has 4 aromatic rings. The first-order chi connectivity index (χ1) is 17.7. The fourth-order valence-corrected chi connectivity index (χ4v) is 4.54. The molecule has 0 saturated carbocycles. The van der Waals surface area contributed by atoms with Crippen LogP contribution in [0.15, 0.2) is 55.0 Å². The third-order valence-corrected chi connectivity index (χ3v) is 6.49. The molecular weight excluding hydrogens is 483 g/mol. The van der Waals surface area contributed by atoms with Crippen molar-refractivity contribution < 1.29 is 18.0 Å². The monoisotopic (exact) mass is 509 g/mol. The number of hydrogen-bond donors (Lipinski definition) is 2. The molecule has 0 spiro atoms. The van der Waals surface area contributed by atoms with E-state index in [0.29, 0.717) is 22.9 Å². The third kappa shape index (κ3) is 5.35. The molecule has 1 atom stereocenters. The molecule has 1 saturated heterocycles. The van der Waals surface area contributed by atoms with Gasteiger partial charge in [0.25, 0.3) is 5.91 Å². The van der Waals surface area contributed by atoms with E-state index in [1.54, 1.807) is 36.7 Å². The van der Waals surface area contributed by atoms with E-state index in [0.717, 1.165) is 47.0 Å². The van der Waals surface area contributed by atoms with Crippen molar-refractivity contribution in [3.63, 3.8) is 0 Å². The van der Waals surface area contributed by atoms with Crippen LogP contribution in [0.25, 0.3) is 10.8 Å². The van der Waals surface area contributed by atoms with E-state index >= 15 is 0 Å². The fraction of sp³-hybridized carbons (Fsp3) is 0.308. The summed E-state index contributed by atoms with van der Waals surface area (Å²) in [6.07, 6.45) is 0.657. The van der Waals surface area contributed by atoms with Crippen LogP contribution in [0.5, 0.6) is 0 Å². The van der Waals surface area contributed by atoms with Crippen molar-refractivity contribution >= 4 is 28.3 Å². The number of nitrogens with two attached hydrogens (primary N) is 1. The predicted molar refractivity (Wildman–Crippen MR) is 134 cm³/mol. The summed E-state index contributed by atoms with van der Waals surface area (Å²) in [7, 11) is 0. The highest BCUT2D eigenvalue weighted by atomic mass is 19.4. The van der Waals surface area contributed by atoms with Crippen molar-refractivity contribution in [2.24, 2.45) is 5.92 Å². The summed E-state index contributed by atoms with van der Waals surface area (Å²) in [4.78, 5) is 23.5. The number of hydrogen-bond acceptors (Lipinski definition) is 6. The van der Waals surface area contributed by atoms with E-state index in [2.05, 4.69) is 32.2 Å². The predicted octanol–water partition coefficient (Wildman–Crippen LogP) is 4.25. The fourth-order valence-electron chi connectivity index (χ4n) is 4.54. The topological polar surface area (TPSA) is 102 Å². The summed E-state index contributed by atoms with van der Waals surface area (Å²) in [5, 5.41) is 7.84. The van der Waals surface area contributed by atoms with Crippen molar-refractivity contribution in [3.8, 4) is 0 Å². The number of aromatic nitrogens is 4. The molecule has 8 nitrogen and oxygen atoms in total. The third-order valence-electron chi connectivity index (χ3n) is 6.49. The maximum absolute atomic E-state index is 13.7. The number of anilines is 2. The summed E-state index contributed by atoms with van der Waals surface area (Å²) in [5.74, 6) is 0.973. The molecule has 192 valence electrons. The Morgan fingerprint density at radius 1 is 1.16 bits per heavy atom. The van der Waals surface area contributed by atoms with Gasteiger partial charge >= 0.3 is 6.18 Å². The Balaban J connectivity index is 1.30. The van der Waals surface area contributed by atoms with Crippen molar-refractivity contribution in [2.45, 2.75) is 32.6 Å². The summed E-state index contributed by atoms with van der Waals surface area (Å²) in [5.41, 5.74) is 5.50. The Labute approximate surface area is 211 Å². The molecule has 1 aliphatic rings. The van der Waals surface area contributed by atoms with E-state index in [4.69, 9.17) is 5.73 Å². The molecule has 1 aliphatic heterocycles. The van der Waals surface area contributed by atoms with Crippen LogP contribution in [0.3, 0.4) is 0 Å². The number of alkyl halides is 3.